The van der Waals surface area contributed by atoms with Gasteiger partial charge < -0.3 is 9.64 Å². The van der Waals surface area contributed by atoms with E-state index >= 15 is 0 Å². The fourth-order valence-electron chi connectivity index (χ4n) is 4.32. The Bertz CT molecular complexity index is 676. The number of morpholine rings is 1. The number of ether oxygens (including phenoxy) is 1. The zero-order chi connectivity index (χ0) is 17.7. The van der Waals surface area contributed by atoms with E-state index in [0.717, 1.165) is 65.1 Å². The number of nitrogens with zero attached hydrogens (tertiary/aromatic N) is 2. The first-order valence-corrected chi connectivity index (χ1v) is 9.98. The summed E-state index contributed by atoms with van der Waals surface area (Å²) in [6, 6.07) is 21.7. The molecule has 0 amide bonds. The average molecular weight is 423 g/mol. The summed E-state index contributed by atoms with van der Waals surface area (Å²) >= 11 is 0. The molecule has 4 rings (SSSR count). The van der Waals surface area contributed by atoms with E-state index in [-0.39, 0.29) is 30.4 Å². The molecular weight excluding hydrogens is 391 g/mol. The molecular formula is C23H32Cl2N2O. The monoisotopic (exact) mass is 422 g/mol. The Kier molecular flexibility index (Phi) is 9.26. The van der Waals surface area contributed by atoms with Crippen LogP contribution in [0.4, 0.5) is 0 Å². The van der Waals surface area contributed by atoms with Crippen LogP contribution in [0.1, 0.15) is 24.0 Å². The number of benzene rings is 2. The second kappa shape index (κ2) is 11.2. The molecule has 154 valence electrons. The van der Waals surface area contributed by atoms with Crippen molar-refractivity contribution < 1.29 is 4.74 Å². The summed E-state index contributed by atoms with van der Waals surface area (Å²) in [4.78, 5) is 5.19. The van der Waals surface area contributed by atoms with Crippen molar-refractivity contribution in [1.82, 2.24) is 9.80 Å². The van der Waals surface area contributed by atoms with Gasteiger partial charge in [-0.1, -0.05) is 60.7 Å². The Hall–Kier alpha value is -1.10. The molecule has 0 atom stereocenters. The van der Waals surface area contributed by atoms with Crippen molar-refractivity contribution in [2.75, 3.05) is 39.3 Å². The van der Waals surface area contributed by atoms with Gasteiger partial charge in [-0.2, -0.15) is 0 Å². The van der Waals surface area contributed by atoms with E-state index in [2.05, 4.69) is 70.5 Å². The molecule has 1 spiro atoms. The number of hydrogen-bond donors (Lipinski definition) is 0. The lowest BCUT2D eigenvalue weighted by Gasteiger charge is -2.47. The minimum absolute atomic E-state index is 0. The predicted molar refractivity (Wildman–Crippen MR) is 121 cm³/mol. The van der Waals surface area contributed by atoms with Crippen molar-refractivity contribution >= 4 is 24.8 Å². The summed E-state index contributed by atoms with van der Waals surface area (Å²) in [6.45, 7) is 7.52. The van der Waals surface area contributed by atoms with E-state index in [0.29, 0.717) is 0 Å². The molecule has 0 N–H and O–H groups in total. The summed E-state index contributed by atoms with van der Waals surface area (Å²) in [5.41, 5.74) is 2.93. The zero-order valence-corrected chi connectivity index (χ0v) is 18.1. The number of piperidine rings is 1. The third kappa shape index (κ3) is 6.20. The third-order valence-electron chi connectivity index (χ3n) is 5.90. The summed E-state index contributed by atoms with van der Waals surface area (Å²) in [5.74, 6) is 0. The molecule has 2 aromatic rings. The van der Waals surface area contributed by atoms with Gasteiger partial charge in [0.2, 0.25) is 0 Å². The maximum absolute atomic E-state index is 6.32. The first kappa shape index (κ1) is 23.2. The molecule has 2 fully saturated rings. The molecule has 2 heterocycles. The molecule has 2 aliphatic heterocycles. The van der Waals surface area contributed by atoms with Crippen molar-refractivity contribution in [3.63, 3.8) is 0 Å². The van der Waals surface area contributed by atoms with Crippen molar-refractivity contribution in [3.05, 3.63) is 71.8 Å². The first-order chi connectivity index (χ1) is 12.8. The van der Waals surface area contributed by atoms with E-state index in [1.165, 1.54) is 11.1 Å². The Morgan fingerprint density at radius 1 is 0.750 bits per heavy atom. The maximum atomic E-state index is 6.32. The molecule has 0 unspecified atom stereocenters. The molecule has 2 aromatic carbocycles. The van der Waals surface area contributed by atoms with Gasteiger partial charge in [-0.05, 0) is 30.4 Å². The molecule has 3 nitrogen and oxygen atoms in total. The fourth-order valence-corrected chi connectivity index (χ4v) is 4.32. The summed E-state index contributed by atoms with van der Waals surface area (Å²) in [5, 5.41) is 0. The molecule has 28 heavy (non-hydrogen) atoms. The largest absolute Gasteiger partial charge is 0.372 e. The first-order valence-electron chi connectivity index (χ1n) is 9.98. The highest BCUT2D eigenvalue weighted by atomic mass is 35.5. The van der Waals surface area contributed by atoms with E-state index in [1.807, 2.05) is 0 Å². The number of halogens is 2. The van der Waals surface area contributed by atoms with E-state index in [4.69, 9.17) is 4.74 Å². The molecule has 0 radical (unpaired) electrons. The van der Waals surface area contributed by atoms with Gasteiger partial charge in [0.1, 0.15) is 0 Å². The van der Waals surface area contributed by atoms with E-state index in [1.54, 1.807) is 0 Å². The second-order valence-electron chi connectivity index (χ2n) is 7.80. The van der Waals surface area contributed by atoms with Crippen molar-refractivity contribution in [1.29, 1.82) is 0 Å². The molecule has 0 aromatic heterocycles. The molecule has 5 heteroatoms. The number of likely N-dealkylation sites (tertiary alicyclic amines) is 1. The van der Waals surface area contributed by atoms with Gasteiger partial charge in [-0.15, -0.1) is 24.8 Å². The fraction of sp³-hybridized carbons (Fsp3) is 0.478. The highest BCUT2D eigenvalue weighted by Crippen LogP contribution is 2.30. The van der Waals surface area contributed by atoms with Crippen LogP contribution in [0.5, 0.6) is 0 Å². The Balaban J connectivity index is 0.00000140. The summed E-state index contributed by atoms with van der Waals surface area (Å²) in [7, 11) is 0. The smallest absolute Gasteiger partial charge is 0.0833 e. The van der Waals surface area contributed by atoms with Crippen molar-refractivity contribution in [2.24, 2.45) is 0 Å². The Morgan fingerprint density at radius 2 is 1.36 bits per heavy atom. The molecule has 2 aliphatic rings. The van der Waals surface area contributed by atoms with Crippen LogP contribution in [0.2, 0.25) is 0 Å². The lowest BCUT2D eigenvalue weighted by atomic mass is 9.89. The number of rotatable bonds is 5. The van der Waals surface area contributed by atoms with Crippen LogP contribution in [0.15, 0.2) is 60.7 Å². The van der Waals surface area contributed by atoms with E-state index < -0.39 is 0 Å². The van der Waals surface area contributed by atoms with Gasteiger partial charge in [0.25, 0.3) is 0 Å². The van der Waals surface area contributed by atoms with Crippen molar-refractivity contribution in [2.45, 2.75) is 31.4 Å². The quantitative estimate of drug-likeness (QED) is 0.707. The Labute approximate surface area is 181 Å². The standard InChI is InChI=1S/C23H30N2O.2ClH/c1-3-7-21(8-4-1)11-14-24-15-12-23(13-16-24)20-25(17-18-26-23)19-22-9-5-2-6-10-22;;/h1-10H,11-20H2;2*1H. The highest BCUT2D eigenvalue weighted by molar-refractivity contribution is 5.85. The highest BCUT2D eigenvalue weighted by Gasteiger charge is 2.39. The molecule has 0 bridgehead atoms. The Morgan fingerprint density at radius 3 is 2.00 bits per heavy atom. The van der Waals surface area contributed by atoms with E-state index in [9.17, 15) is 0 Å². The molecule has 0 aliphatic carbocycles. The SMILES string of the molecule is Cl.Cl.c1ccc(CCN2CCC3(CC2)CN(Cc2ccccc2)CCO3)cc1. The van der Waals surface area contributed by atoms with Crippen molar-refractivity contribution in [3.8, 4) is 0 Å². The van der Waals surface area contributed by atoms with Gasteiger partial charge in [0, 0.05) is 39.3 Å². The summed E-state index contributed by atoms with van der Waals surface area (Å²) in [6.07, 6.45) is 3.47. The van der Waals surface area contributed by atoms with Crippen LogP contribution in [-0.4, -0.2) is 54.7 Å². The van der Waals surface area contributed by atoms with Crippen LogP contribution in [-0.2, 0) is 17.7 Å². The molecule has 0 saturated carbocycles. The van der Waals surface area contributed by atoms with Gasteiger partial charge in [0.15, 0.2) is 0 Å². The van der Waals surface area contributed by atoms with Gasteiger partial charge in [-0.3, -0.25) is 4.90 Å². The zero-order valence-electron chi connectivity index (χ0n) is 16.5. The minimum atomic E-state index is 0. The topological polar surface area (TPSA) is 15.7 Å². The normalized spacial score (nSPS) is 19.6. The van der Waals surface area contributed by atoms with Crippen LogP contribution in [0.25, 0.3) is 0 Å². The van der Waals surface area contributed by atoms with Crippen LogP contribution in [0.3, 0.4) is 0 Å². The maximum Gasteiger partial charge on any atom is 0.0833 e. The second-order valence-corrected chi connectivity index (χ2v) is 7.80. The van der Waals surface area contributed by atoms with Crippen LogP contribution < -0.4 is 0 Å². The third-order valence-corrected chi connectivity index (χ3v) is 5.90. The predicted octanol–water partition coefficient (Wildman–Crippen LogP) is 4.44. The molecule has 2 saturated heterocycles. The van der Waals surface area contributed by atoms with Gasteiger partial charge in [-0.25, -0.2) is 0 Å². The summed E-state index contributed by atoms with van der Waals surface area (Å²) < 4.78 is 6.32. The van der Waals surface area contributed by atoms with Gasteiger partial charge >= 0.3 is 0 Å². The average Bonchev–Trinajstić information content (AvgIpc) is 2.69. The van der Waals surface area contributed by atoms with Gasteiger partial charge in [0.05, 0.1) is 12.2 Å². The minimum Gasteiger partial charge on any atom is -0.372 e. The lowest BCUT2D eigenvalue weighted by molar-refractivity contribution is -0.137. The lowest BCUT2D eigenvalue weighted by Crippen LogP contribution is -2.56. The van der Waals surface area contributed by atoms with Crippen LogP contribution in [0, 0.1) is 0 Å². The number of hydrogen-bond acceptors (Lipinski definition) is 3. The van der Waals surface area contributed by atoms with Crippen LogP contribution >= 0.6 is 24.8 Å².